The number of thioether (sulfide) groups is 1. The molecular formula is C26H26N6O4S2. The van der Waals surface area contributed by atoms with Gasteiger partial charge in [0.2, 0.25) is 21.8 Å². The largest absolute Gasteiger partial charge is 0.366 e. The number of primary amides is 1. The smallest absolute Gasteiger partial charge is 0.248 e. The molecule has 3 N–H and O–H groups in total. The van der Waals surface area contributed by atoms with Crippen LogP contribution in [-0.4, -0.2) is 59.2 Å². The number of hydrogen-bond acceptors (Lipinski definition) is 7. The van der Waals surface area contributed by atoms with E-state index in [1.165, 1.54) is 44.1 Å². The third kappa shape index (κ3) is 5.93. The summed E-state index contributed by atoms with van der Waals surface area (Å²) in [5.74, 6) is -0.344. The molecule has 1 heterocycles. The van der Waals surface area contributed by atoms with Crippen molar-refractivity contribution in [1.29, 1.82) is 0 Å². The molecule has 0 bridgehead atoms. The van der Waals surface area contributed by atoms with Gasteiger partial charge in [-0.05, 0) is 61.0 Å². The van der Waals surface area contributed by atoms with Gasteiger partial charge in [0, 0.05) is 36.6 Å². The van der Waals surface area contributed by atoms with E-state index in [0.717, 1.165) is 15.6 Å². The zero-order valence-corrected chi connectivity index (χ0v) is 22.6. The molecule has 0 atom stereocenters. The molecule has 0 spiro atoms. The number of nitrogens with two attached hydrogens (primary N) is 1. The number of aromatic nitrogens is 3. The maximum Gasteiger partial charge on any atom is 0.248 e. The number of carbonyl (C=O) groups is 2. The van der Waals surface area contributed by atoms with Crippen LogP contribution in [0.2, 0.25) is 0 Å². The Morgan fingerprint density at radius 1 is 1.00 bits per heavy atom. The number of amides is 2. The first kappa shape index (κ1) is 27.0. The lowest BCUT2D eigenvalue weighted by Gasteiger charge is -2.14. The van der Waals surface area contributed by atoms with Gasteiger partial charge >= 0.3 is 0 Å². The van der Waals surface area contributed by atoms with E-state index in [2.05, 4.69) is 15.5 Å². The van der Waals surface area contributed by atoms with Gasteiger partial charge < -0.3 is 11.1 Å². The number of carbonyl (C=O) groups excluding carboxylic acids is 2. The van der Waals surface area contributed by atoms with Gasteiger partial charge in [0.25, 0.3) is 0 Å². The Kier molecular flexibility index (Phi) is 7.95. The van der Waals surface area contributed by atoms with Crippen LogP contribution < -0.4 is 11.1 Å². The minimum Gasteiger partial charge on any atom is -0.366 e. The molecule has 0 aliphatic heterocycles. The van der Waals surface area contributed by atoms with Crippen LogP contribution in [0.1, 0.15) is 15.9 Å². The van der Waals surface area contributed by atoms with Crippen LogP contribution in [-0.2, 0) is 14.8 Å². The molecule has 0 unspecified atom stereocenters. The van der Waals surface area contributed by atoms with Gasteiger partial charge in [-0.2, -0.15) is 0 Å². The molecular weight excluding hydrogens is 524 g/mol. The monoisotopic (exact) mass is 550 g/mol. The number of aryl methyl sites for hydroxylation is 1. The number of anilines is 1. The fourth-order valence-corrected chi connectivity index (χ4v) is 5.30. The summed E-state index contributed by atoms with van der Waals surface area (Å²) >= 11 is 1.19. The van der Waals surface area contributed by atoms with Crippen molar-refractivity contribution in [3.8, 4) is 17.1 Å². The summed E-state index contributed by atoms with van der Waals surface area (Å²) in [7, 11) is -0.701. The molecule has 10 nitrogen and oxygen atoms in total. The van der Waals surface area contributed by atoms with Crippen molar-refractivity contribution in [3.63, 3.8) is 0 Å². The molecule has 2 amide bonds. The summed E-state index contributed by atoms with van der Waals surface area (Å²) in [6, 6.07) is 20.5. The second kappa shape index (κ2) is 11.2. The van der Waals surface area contributed by atoms with Crippen molar-refractivity contribution in [2.24, 2.45) is 5.73 Å². The highest BCUT2D eigenvalue weighted by Gasteiger charge is 2.21. The molecule has 4 aromatic rings. The maximum absolute atomic E-state index is 12.7. The summed E-state index contributed by atoms with van der Waals surface area (Å²) in [6.07, 6.45) is 0. The Morgan fingerprint density at radius 2 is 1.71 bits per heavy atom. The summed E-state index contributed by atoms with van der Waals surface area (Å²) in [6.45, 7) is 1.96. The molecule has 0 aliphatic rings. The normalized spacial score (nSPS) is 11.5. The average Bonchev–Trinajstić information content (AvgIpc) is 3.32. The number of sulfonamides is 1. The van der Waals surface area contributed by atoms with E-state index in [1.807, 2.05) is 31.2 Å². The van der Waals surface area contributed by atoms with Gasteiger partial charge in [-0.1, -0.05) is 36.0 Å². The molecule has 4 rings (SSSR count). The SMILES string of the molecule is Cc1cccc(-n2c(SCC(=O)Nc3ccc(C(N)=O)cc3)nnc2-c2cccc(S(=O)(=O)N(C)C)c2)c1. The molecule has 196 valence electrons. The molecule has 0 saturated carbocycles. The molecule has 0 radical (unpaired) electrons. The Labute approximate surface area is 224 Å². The standard InChI is InChI=1S/C26H26N6O4S2/c1-17-6-4-8-21(14-17)32-25(19-7-5-9-22(15-19)38(35,36)31(2)3)29-30-26(32)37-16-23(33)28-20-12-10-18(11-13-20)24(27)34/h4-15H,16H2,1-3H3,(H2,27,34)(H,28,33). The van der Waals surface area contributed by atoms with E-state index in [0.29, 0.717) is 27.8 Å². The van der Waals surface area contributed by atoms with Gasteiger partial charge in [-0.3, -0.25) is 14.2 Å². The summed E-state index contributed by atoms with van der Waals surface area (Å²) in [5, 5.41) is 11.9. The van der Waals surface area contributed by atoms with Crippen molar-refractivity contribution in [3.05, 3.63) is 83.9 Å². The molecule has 0 fully saturated rings. The van der Waals surface area contributed by atoms with Crippen LogP contribution in [0, 0.1) is 6.92 Å². The fourth-order valence-electron chi connectivity index (χ4n) is 3.60. The highest BCUT2D eigenvalue weighted by molar-refractivity contribution is 7.99. The Bertz CT molecular complexity index is 1600. The van der Waals surface area contributed by atoms with Crippen LogP contribution in [0.3, 0.4) is 0 Å². The van der Waals surface area contributed by atoms with Gasteiger partial charge in [-0.15, -0.1) is 10.2 Å². The second-order valence-corrected chi connectivity index (χ2v) is 11.7. The van der Waals surface area contributed by atoms with Crippen molar-refractivity contribution < 1.29 is 18.0 Å². The van der Waals surface area contributed by atoms with Gasteiger partial charge in [0.05, 0.1) is 10.6 Å². The number of hydrogen-bond donors (Lipinski definition) is 2. The fraction of sp³-hybridized carbons (Fsp3) is 0.154. The van der Waals surface area contributed by atoms with E-state index in [4.69, 9.17) is 5.73 Å². The minimum atomic E-state index is -3.65. The lowest BCUT2D eigenvalue weighted by molar-refractivity contribution is -0.113. The molecule has 0 saturated heterocycles. The number of nitrogens with one attached hydrogen (secondary N) is 1. The van der Waals surface area contributed by atoms with E-state index in [1.54, 1.807) is 34.9 Å². The highest BCUT2D eigenvalue weighted by atomic mass is 32.2. The first-order chi connectivity index (χ1) is 18.1. The first-order valence-corrected chi connectivity index (χ1v) is 13.9. The minimum absolute atomic E-state index is 0.0383. The Hall–Kier alpha value is -4.00. The molecule has 3 aromatic carbocycles. The van der Waals surface area contributed by atoms with Crippen LogP contribution >= 0.6 is 11.8 Å². The van der Waals surface area contributed by atoms with E-state index in [-0.39, 0.29) is 16.6 Å². The van der Waals surface area contributed by atoms with Crippen molar-refractivity contribution >= 4 is 39.3 Å². The quantitative estimate of drug-likeness (QED) is 0.305. The predicted octanol–water partition coefficient (Wildman–Crippen LogP) is 3.32. The van der Waals surface area contributed by atoms with Crippen LogP contribution in [0.5, 0.6) is 0 Å². The predicted molar refractivity (Wildman–Crippen MR) is 147 cm³/mol. The van der Waals surface area contributed by atoms with E-state index in [9.17, 15) is 18.0 Å². The number of nitrogens with zero attached hydrogens (tertiary/aromatic N) is 4. The number of rotatable bonds is 9. The highest BCUT2D eigenvalue weighted by Crippen LogP contribution is 2.30. The van der Waals surface area contributed by atoms with Crippen molar-refractivity contribution in [2.45, 2.75) is 17.0 Å². The lowest BCUT2D eigenvalue weighted by Crippen LogP contribution is -2.22. The van der Waals surface area contributed by atoms with Crippen molar-refractivity contribution in [1.82, 2.24) is 19.1 Å². The zero-order chi connectivity index (χ0) is 27.4. The second-order valence-electron chi connectivity index (χ2n) is 8.57. The van der Waals surface area contributed by atoms with Crippen LogP contribution in [0.25, 0.3) is 17.1 Å². The third-order valence-electron chi connectivity index (χ3n) is 5.55. The molecule has 12 heteroatoms. The van der Waals surface area contributed by atoms with Crippen molar-refractivity contribution in [2.75, 3.05) is 25.2 Å². The summed E-state index contributed by atoms with van der Waals surface area (Å²) in [5.41, 5.74) is 8.48. The Balaban J connectivity index is 1.64. The van der Waals surface area contributed by atoms with Gasteiger partial charge in [0.15, 0.2) is 11.0 Å². The molecule has 0 aliphatic carbocycles. The molecule has 1 aromatic heterocycles. The third-order valence-corrected chi connectivity index (χ3v) is 8.29. The van der Waals surface area contributed by atoms with E-state index < -0.39 is 15.9 Å². The summed E-state index contributed by atoms with van der Waals surface area (Å²) < 4.78 is 28.4. The zero-order valence-electron chi connectivity index (χ0n) is 21.0. The average molecular weight is 551 g/mol. The first-order valence-electron chi connectivity index (χ1n) is 11.4. The van der Waals surface area contributed by atoms with Crippen LogP contribution in [0.4, 0.5) is 5.69 Å². The maximum atomic E-state index is 12.7. The van der Waals surface area contributed by atoms with Gasteiger partial charge in [-0.25, -0.2) is 12.7 Å². The van der Waals surface area contributed by atoms with Gasteiger partial charge in [0.1, 0.15) is 0 Å². The van der Waals surface area contributed by atoms with Crippen LogP contribution in [0.15, 0.2) is 82.8 Å². The molecule has 38 heavy (non-hydrogen) atoms. The van der Waals surface area contributed by atoms with E-state index >= 15 is 0 Å². The number of benzene rings is 3. The lowest BCUT2D eigenvalue weighted by atomic mass is 10.2. The summed E-state index contributed by atoms with van der Waals surface area (Å²) in [4.78, 5) is 24.0. The topological polar surface area (TPSA) is 140 Å². The Morgan fingerprint density at radius 3 is 2.37 bits per heavy atom.